The molecule has 0 amide bonds. The Morgan fingerprint density at radius 3 is 2.57 bits per heavy atom. The summed E-state index contributed by atoms with van der Waals surface area (Å²) < 4.78 is 5.48. The van der Waals surface area contributed by atoms with Crippen LogP contribution in [0.15, 0.2) is 30.3 Å². The highest BCUT2D eigenvalue weighted by molar-refractivity contribution is 5.26. The first kappa shape index (κ1) is 15.0. The molecule has 1 N–H and O–H groups in total. The van der Waals surface area contributed by atoms with Crippen molar-refractivity contribution in [3.63, 3.8) is 0 Å². The van der Waals surface area contributed by atoms with Crippen molar-refractivity contribution in [3.8, 4) is 0 Å². The average Bonchev–Trinajstić information content (AvgIpc) is 2.57. The van der Waals surface area contributed by atoms with Gasteiger partial charge in [-0.2, -0.15) is 0 Å². The number of hydrogen-bond donors (Lipinski definition) is 1. The molecule has 0 bridgehead atoms. The maximum atomic E-state index is 11.5. The van der Waals surface area contributed by atoms with Crippen LogP contribution in [0.25, 0.3) is 0 Å². The maximum Gasteiger partial charge on any atom is 0.108 e. The van der Waals surface area contributed by atoms with Gasteiger partial charge in [-0.05, 0) is 18.5 Å². The summed E-state index contributed by atoms with van der Waals surface area (Å²) in [5.74, 6) is 0. The van der Waals surface area contributed by atoms with Crippen LogP contribution in [0.3, 0.4) is 0 Å². The number of nitrogens with zero attached hydrogens (tertiary/aromatic N) is 2. The highest BCUT2D eigenvalue weighted by Crippen LogP contribution is 2.36. The normalized spacial score (nSPS) is 32.2. The maximum absolute atomic E-state index is 11.5. The SMILES string of the molecule is CCN1CCC(O)(c2ccccc2)C(N2CCOCC2)C1. The van der Waals surface area contributed by atoms with Gasteiger partial charge in [0.1, 0.15) is 5.60 Å². The molecular formula is C17H26N2O2. The zero-order chi connectivity index (χ0) is 14.7. The minimum Gasteiger partial charge on any atom is -0.383 e. The van der Waals surface area contributed by atoms with Crippen molar-refractivity contribution in [2.24, 2.45) is 0 Å². The van der Waals surface area contributed by atoms with Crippen LogP contribution in [-0.2, 0) is 10.3 Å². The first-order valence-electron chi connectivity index (χ1n) is 8.06. The van der Waals surface area contributed by atoms with E-state index < -0.39 is 5.60 Å². The van der Waals surface area contributed by atoms with Crippen LogP contribution in [0.5, 0.6) is 0 Å². The van der Waals surface area contributed by atoms with E-state index in [-0.39, 0.29) is 6.04 Å². The van der Waals surface area contributed by atoms with Gasteiger partial charge in [-0.1, -0.05) is 37.3 Å². The number of ether oxygens (including phenoxy) is 1. The van der Waals surface area contributed by atoms with Gasteiger partial charge in [0, 0.05) is 26.2 Å². The van der Waals surface area contributed by atoms with E-state index >= 15 is 0 Å². The van der Waals surface area contributed by atoms with Crippen molar-refractivity contribution in [1.82, 2.24) is 9.80 Å². The predicted molar refractivity (Wildman–Crippen MR) is 83.2 cm³/mol. The van der Waals surface area contributed by atoms with Crippen molar-refractivity contribution in [3.05, 3.63) is 35.9 Å². The first-order chi connectivity index (χ1) is 10.2. The van der Waals surface area contributed by atoms with Crippen molar-refractivity contribution in [2.75, 3.05) is 45.9 Å². The third kappa shape index (κ3) is 2.99. The Labute approximate surface area is 127 Å². The minimum absolute atomic E-state index is 0.150. The Balaban J connectivity index is 1.88. The van der Waals surface area contributed by atoms with E-state index in [9.17, 15) is 5.11 Å². The molecule has 2 atom stereocenters. The second kappa shape index (κ2) is 6.44. The Kier molecular flexibility index (Phi) is 4.60. The molecule has 2 aliphatic heterocycles. The fraction of sp³-hybridized carbons (Fsp3) is 0.647. The zero-order valence-corrected chi connectivity index (χ0v) is 12.9. The molecule has 3 rings (SSSR count). The highest BCUT2D eigenvalue weighted by Gasteiger charge is 2.45. The lowest BCUT2D eigenvalue weighted by Crippen LogP contribution is -2.62. The van der Waals surface area contributed by atoms with Gasteiger partial charge in [0.25, 0.3) is 0 Å². The number of aliphatic hydroxyl groups is 1. The molecule has 0 spiro atoms. The van der Waals surface area contributed by atoms with Crippen LogP contribution < -0.4 is 0 Å². The lowest BCUT2D eigenvalue weighted by molar-refractivity contribution is -0.117. The standard InChI is InChI=1S/C17H26N2O2/c1-2-18-9-8-17(20,15-6-4-3-5-7-15)16(14-18)19-10-12-21-13-11-19/h3-7,16,20H,2,8-14H2,1H3. The Morgan fingerprint density at radius 2 is 1.90 bits per heavy atom. The molecular weight excluding hydrogens is 264 g/mol. The van der Waals surface area contributed by atoms with Crippen LogP contribution in [0.1, 0.15) is 18.9 Å². The van der Waals surface area contributed by atoms with E-state index in [1.165, 1.54) is 0 Å². The van der Waals surface area contributed by atoms with E-state index in [1.54, 1.807) is 0 Å². The van der Waals surface area contributed by atoms with Gasteiger partial charge in [0.2, 0.25) is 0 Å². The van der Waals surface area contributed by atoms with Crippen LogP contribution in [0.2, 0.25) is 0 Å². The number of likely N-dealkylation sites (tertiary alicyclic amines) is 1. The molecule has 1 aromatic carbocycles. The molecule has 1 aromatic rings. The molecule has 0 aromatic heterocycles. The number of likely N-dealkylation sites (N-methyl/N-ethyl adjacent to an activating group) is 1. The topological polar surface area (TPSA) is 35.9 Å². The second-order valence-electron chi connectivity index (χ2n) is 6.10. The predicted octanol–water partition coefficient (Wildman–Crippen LogP) is 1.30. The highest BCUT2D eigenvalue weighted by atomic mass is 16.5. The molecule has 2 aliphatic rings. The lowest BCUT2D eigenvalue weighted by atomic mass is 9.79. The Morgan fingerprint density at radius 1 is 1.19 bits per heavy atom. The summed E-state index contributed by atoms with van der Waals surface area (Å²) in [6, 6.07) is 10.3. The van der Waals surface area contributed by atoms with Crippen molar-refractivity contribution in [1.29, 1.82) is 0 Å². The second-order valence-corrected chi connectivity index (χ2v) is 6.10. The van der Waals surface area contributed by atoms with Crippen LogP contribution in [-0.4, -0.2) is 66.9 Å². The number of piperidine rings is 1. The van der Waals surface area contributed by atoms with Crippen molar-refractivity contribution in [2.45, 2.75) is 25.0 Å². The van der Waals surface area contributed by atoms with E-state index in [0.29, 0.717) is 0 Å². The fourth-order valence-electron chi connectivity index (χ4n) is 3.64. The van der Waals surface area contributed by atoms with E-state index in [2.05, 4.69) is 28.9 Å². The minimum atomic E-state index is -0.746. The monoisotopic (exact) mass is 290 g/mol. The molecule has 2 unspecified atom stereocenters. The molecule has 4 nitrogen and oxygen atoms in total. The number of hydrogen-bond acceptors (Lipinski definition) is 4. The lowest BCUT2D eigenvalue weighted by Gasteiger charge is -2.50. The summed E-state index contributed by atoms with van der Waals surface area (Å²) in [7, 11) is 0. The summed E-state index contributed by atoms with van der Waals surface area (Å²) in [4.78, 5) is 4.86. The third-order valence-corrected chi connectivity index (χ3v) is 5.00. The summed E-state index contributed by atoms with van der Waals surface area (Å²) >= 11 is 0. The molecule has 2 fully saturated rings. The quantitative estimate of drug-likeness (QED) is 0.910. The average molecular weight is 290 g/mol. The molecule has 116 valence electrons. The molecule has 2 saturated heterocycles. The summed E-state index contributed by atoms with van der Waals surface area (Å²) in [6.45, 7) is 8.51. The van der Waals surface area contributed by atoms with E-state index in [0.717, 1.165) is 57.9 Å². The van der Waals surface area contributed by atoms with Gasteiger partial charge in [-0.25, -0.2) is 0 Å². The first-order valence-corrected chi connectivity index (χ1v) is 8.06. The summed E-state index contributed by atoms with van der Waals surface area (Å²) in [5, 5.41) is 11.5. The molecule has 0 aliphatic carbocycles. The van der Waals surface area contributed by atoms with Crippen LogP contribution in [0, 0.1) is 0 Å². The summed E-state index contributed by atoms with van der Waals surface area (Å²) in [6.07, 6.45) is 0.798. The van der Waals surface area contributed by atoms with Gasteiger partial charge >= 0.3 is 0 Å². The molecule has 4 heteroatoms. The van der Waals surface area contributed by atoms with E-state index in [1.807, 2.05) is 18.2 Å². The molecule has 0 saturated carbocycles. The van der Waals surface area contributed by atoms with Gasteiger partial charge in [-0.3, -0.25) is 4.90 Å². The van der Waals surface area contributed by atoms with Gasteiger partial charge in [0.15, 0.2) is 0 Å². The van der Waals surface area contributed by atoms with Crippen LogP contribution in [0.4, 0.5) is 0 Å². The number of benzene rings is 1. The number of rotatable bonds is 3. The third-order valence-electron chi connectivity index (χ3n) is 5.00. The Hall–Kier alpha value is -0.940. The van der Waals surface area contributed by atoms with Crippen molar-refractivity contribution < 1.29 is 9.84 Å². The largest absolute Gasteiger partial charge is 0.383 e. The zero-order valence-electron chi connectivity index (χ0n) is 12.9. The fourth-order valence-corrected chi connectivity index (χ4v) is 3.64. The Bertz CT molecular complexity index is 447. The smallest absolute Gasteiger partial charge is 0.108 e. The molecule has 2 heterocycles. The van der Waals surface area contributed by atoms with Gasteiger partial charge in [-0.15, -0.1) is 0 Å². The number of morpholine rings is 1. The van der Waals surface area contributed by atoms with Crippen LogP contribution >= 0.6 is 0 Å². The van der Waals surface area contributed by atoms with Crippen molar-refractivity contribution >= 4 is 0 Å². The molecule has 0 radical (unpaired) electrons. The summed E-state index contributed by atoms with van der Waals surface area (Å²) in [5.41, 5.74) is 0.307. The molecule has 21 heavy (non-hydrogen) atoms. The van der Waals surface area contributed by atoms with Gasteiger partial charge < -0.3 is 14.7 Å². The van der Waals surface area contributed by atoms with E-state index in [4.69, 9.17) is 4.74 Å². The van der Waals surface area contributed by atoms with Gasteiger partial charge in [0.05, 0.1) is 19.3 Å².